The van der Waals surface area contributed by atoms with Gasteiger partial charge in [-0.05, 0) is 36.2 Å². The van der Waals surface area contributed by atoms with Crippen LogP contribution in [0.4, 0.5) is 11.4 Å². The van der Waals surface area contributed by atoms with Gasteiger partial charge >= 0.3 is 0 Å². The summed E-state index contributed by atoms with van der Waals surface area (Å²) >= 11 is 0. The number of amides is 1. The minimum atomic E-state index is 0.0406. The molecule has 0 heterocycles. The summed E-state index contributed by atoms with van der Waals surface area (Å²) in [5, 5.41) is 3.17. The average Bonchev–Trinajstić information content (AvgIpc) is 2.54. The smallest absolute Gasteiger partial charge is 0.246 e. The molecule has 0 spiro atoms. The van der Waals surface area contributed by atoms with Crippen LogP contribution in [0, 0.1) is 0 Å². The van der Waals surface area contributed by atoms with Crippen molar-refractivity contribution >= 4 is 17.3 Å². The summed E-state index contributed by atoms with van der Waals surface area (Å²) in [6.45, 7) is 2.46. The molecule has 3 nitrogen and oxygen atoms in total. The summed E-state index contributed by atoms with van der Waals surface area (Å²) in [6, 6.07) is 17.9. The van der Waals surface area contributed by atoms with E-state index in [-0.39, 0.29) is 5.91 Å². The molecule has 0 fully saturated rings. The van der Waals surface area contributed by atoms with Crippen LogP contribution in [0.3, 0.4) is 0 Å². The number of para-hydroxylation sites is 1. The van der Waals surface area contributed by atoms with Crippen LogP contribution in [0.25, 0.3) is 0 Å². The Morgan fingerprint density at radius 3 is 2.33 bits per heavy atom. The van der Waals surface area contributed by atoms with Gasteiger partial charge in [-0.3, -0.25) is 4.79 Å². The summed E-state index contributed by atoms with van der Waals surface area (Å²) < 4.78 is 0. The first-order valence-electron chi connectivity index (χ1n) is 7.35. The number of nitrogens with one attached hydrogen (secondary N) is 1. The zero-order valence-electron chi connectivity index (χ0n) is 12.7. The molecule has 0 unspecified atom stereocenters. The van der Waals surface area contributed by atoms with Crippen LogP contribution in [0.5, 0.6) is 0 Å². The molecule has 2 aromatic rings. The van der Waals surface area contributed by atoms with Gasteiger partial charge in [-0.15, -0.1) is 0 Å². The van der Waals surface area contributed by atoms with E-state index in [1.807, 2.05) is 42.5 Å². The molecular weight excluding hydrogens is 260 g/mol. The highest BCUT2D eigenvalue weighted by Gasteiger charge is 2.09. The third-order valence-electron chi connectivity index (χ3n) is 3.45. The fraction of sp³-hybridized carbons (Fsp3) is 0.278. The maximum atomic E-state index is 12.1. The fourth-order valence-electron chi connectivity index (χ4n) is 2.17. The molecule has 0 saturated carbocycles. The van der Waals surface area contributed by atoms with Crippen molar-refractivity contribution in [3.8, 4) is 0 Å². The standard InChI is InChI=1S/C18H22N2O/c1-3-7-15-10-12-16(13-11-15)19-14-18(21)20(2)17-8-5-4-6-9-17/h4-6,8-13,19H,3,7,14H2,1-2H3. The van der Waals surface area contributed by atoms with Crippen LogP contribution in [0.1, 0.15) is 18.9 Å². The van der Waals surface area contributed by atoms with Crippen LogP contribution in [-0.2, 0) is 11.2 Å². The highest BCUT2D eigenvalue weighted by molar-refractivity contribution is 5.95. The maximum absolute atomic E-state index is 12.1. The Bertz CT molecular complexity index is 564. The molecule has 21 heavy (non-hydrogen) atoms. The van der Waals surface area contributed by atoms with Crippen LogP contribution in [0.15, 0.2) is 54.6 Å². The van der Waals surface area contributed by atoms with Gasteiger partial charge in [-0.25, -0.2) is 0 Å². The summed E-state index contributed by atoms with van der Waals surface area (Å²) in [5.74, 6) is 0.0406. The van der Waals surface area contributed by atoms with E-state index in [0.29, 0.717) is 6.54 Å². The minimum absolute atomic E-state index is 0.0406. The number of likely N-dealkylation sites (N-methyl/N-ethyl adjacent to an activating group) is 1. The summed E-state index contributed by atoms with van der Waals surface area (Å²) in [4.78, 5) is 13.8. The second-order valence-corrected chi connectivity index (χ2v) is 5.09. The van der Waals surface area contributed by atoms with Crippen molar-refractivity contribution in [3.05, 3.63) is 60.2 Å². The van der Waals surface area contributed by atoms with Gasteiger partial charge in [0, 0.05) is 18.4 Å². The van der Waals surface area contributed by atoms with Gasteiger partial charge in [0.25, 0.3) is 0 Å². The molecule has 0 atom stereocenters. The molecule has 1 N–H and O–H groups in total. The lowest BCUT2D eigenvalue weighted by atomic mass is 10.1. The number of benzene rings is 2. The van der Waals surface area contributed by atoms with Gasteiger partial charge in [0.2, 0.25) is 5.91 Å². The van der Waals surface area contributed by atoms with Crippen molar-refractivity contribution in [2.45, 2.75) is 19.8 Å². The predicted octanol–water partition coefficient (Wildman–Crippen LogP) is 3.71. The maximum Gasteiger partial charge on any atom is 0.246 e. The van der Waals surface area contributed by atoms with Crippen molar-refractivity contribution in [1.29, 1.82) is 0 Å². The molecule has 0 radical (unpaired) electrons. The average molecular weight is 282 g/mol. The van der Waals surface area contributed by atoms with E-state index in [1.165, 1.54) is 5.56 Å². The number of hydrogen-bond donors (Lipinski definition) is 1. The number of hydrogen-bond acceptors (Lipinski definition) is 2. The molecule has 1 amide bonds. The number of carbonyl (C=O) groups excluding carboxylic acids is 1. The SMILES string of the molecule is CCCc1ccc(NCC(=O)N(C)c2ccccc2)cc1. The first-order valence-corrected chi connectivity index (χ1v) is 7.35. The molecule has 0 aliphatic heterocycles. The first-order chi connectivity index (χ1) is 10.2. The topological polar surface area (TPSA) is 32.3 Å². The van der Waals surface area contributed by atoms with E-state index in [9.17, 15) is 4.79 Å². The Balaban J connectivity index is 1.89. The zero-order valence-corrected chi connectivity index (χ0v) is 12.7. The number of carbonyl (C=O) groups is 1. The van der Waals surface area contributed by atoms with Crippen LogP contribution >= 0.6 is 0 Å². The number of aryl methyl sites for hydroxylation is 1. The van der Waals surface area contributed by atoms with E-state index in [1.54, 1.807) is 11.9 Å². The Kier molecular flexibility index (Phi) is 5.38. The molecule has 3 heteroatoms. The number of nitrogens with zero attached hydrogens (tertiary/aromatic N) is 1. The third kappa shape index (κ3) is 4.35. The van der Waals surface area contributed by atoms with Gasteiger partial charge in [-0.1, -0.05) is 43.7 Å². The lowest BCUT2D eigenvalue weighted by Crippen LogP contribution is -2.32. The van der Waals surface area contributed by atoms with E-state index in [4.69, 9.17) is 0 Å². The lowest BCUT2D eigenvalue weighted by molar-refractivity contribution is -0.116. The summed E-state index contributed by atoms with van der Waals surface area (Å²) in [5.41, 5.74) is 3.21. The second-order valence-electron chi connectivity index (χ2n) is 5.09. The monoisotopic (exact) mass is 282 g/mol. The second kappa shape index (κ2) is 7.48. The fourth-order valence-corrected chi connectivity index (χ4v) is 2.17. The highest BCUT2D eigenvalue weighted by atomic mass is 16.2. The highest BCUT2D eigenvalue weighted by Crippen LogP contribution is 2.13. The van der Waals surface area contributed by atoms with Gasteiger partial charge in [0.15, 0.2) is 0 Å². The van der Waals surface area contributed by atoms with Crippen molar-refractivity contribution in [2.75, 3.05) is 23.8 Å². The molecule has 0 saturated heterocycles. The van der Waals surface area contributed by atoms with Gasteiger partial charge in [-0.2, -0.15) is 0 Å². The van der Waals surface area contributed by atoms with Crippen LogP contribution < -0.4 is 10.2 Å². The van der Waals surface area contributed by atoms with Crippen molar-refractivity contribution in [2.24, 2.45) is 0 Å². The Morgan fingerprint density at radius 2 is 1.71 bits per heavy atom. The van der Waals surface area contributed by atoms with E-state index >= 15 is 0 Å². The lowest BCUT2D eigenvalue weighted by Gasteiger charge is -2.18. The van der Waals surface area contributed by atoms with E-state index in [2.05, 4.69) is 24.4 Å². The normalized spacial score (nSPS) is 10.2. The zero-order chi connectivity index (χ0) is 15.1. The molecule has 110 valence electrons. The molecule has 2 rings (SSSR count). The van der Waals surface area contributed by atoms with E-state index in [0.717, 1.165) is 24.2 Å². The molecule has 0 bridgehead atoms. The van der Waals surface area contributed by atoms with Crippen molar-refractivity contribution < 1.29 is 4.79 Å². The van der Waals surface area contributed by atoms with E-state index < -0.39 is 0 Å². The van der Waals surface area contributed by atoms with Gasteiger partial charge < -0.3 is 10.2 Å². The molecule has 2 aromatic carbocycles. The predicted molar refractivity (Wildman–Crippen MR) is 88.8 cm³/mol. The largest absolute Gasteiger partial charge is 0.376 e. The number of rotatable bonds is 6. The Morgan fingerprint density at radius 1 is 1.05 bits per heavy atom. The summed E-state index contributed by atoms with van der Waals surface area (Å²) in [6.07, 6.45) is 2.24. The Labute approximate surface area is 126 Å². The Hall–Kier alpha value is -2.29. The van der Waals surface area contributed by atoms with Crippen molar-refractivity contribution in [3.63, 3.8) is 0 Å². The molecule has 0 aliphatic carbocycles. The minimum Gasteiger partial charge on any atom is -0.376 e. The van der Waals surface area contributed by atoms with Crippen molar-refractivity contribution in [1.82, 2.24) is 0 Å². The van der Waals surface area contributed by atoms with Crippen LogP contribution in [-0.4, -0.2) is 19.5 Å². The van der Waals surface area contributed by atoms with Crippen LogP contribution in [0.2, 0.25) is 0 Å². The first kappa shape index (κ1) is 15.1. The molecule has 0 aromatic heterocycles. The molecule has 0 aliphatic rings. The third-order valence-corrected chi connectivity index (χ3v) is 3.45. The molecular formula is C18H22N2O. The quantitative estimate of drug-likeness (QED) is 0.876. The summed E-state index contributed by atoms with van der Waals surface area (Å²) in [7, 11) is 1.80. The number of anilines is 2. The van der Waals surface area contributed by atoms with Gasteiger partial charge in [0.05, 0.1) is 6.54 Å². The van der Waals surface area contributed by atoms with Gasteiger partial charge in [0.1, 0.15) is 0 Å².